The molecule has 3 heterocycles. The minimum Gasteiger partial charge on any atom is -0.481 e. The van der Waals surface area contributed by atoms with Crippen LogP contribution >= 0.6 is 0 Å². The van der Waals surface area contributed by atoms with Crippen LogP contribution in [0.5, 0.6) is 0 Å². The number of aromatic nitrogens is 3. The number of hydrogen-bond donors (Lipinski definition) is 3. The van der Waals surface area contributed by atoms with E-state index in [2.05, 4.69) is 49.2 Å². The summed E-state index contributed by atoms with van der Waals surface area (Å²) >= 11 is 0. The first-order chi connectivity index (χ1) is 23.6. The van der Waals surface area contributed by atoms with Gasteiger partial charge in [0.15, 0.2) is 5.78 Å². The monoisotopic (exact) mass is 682 g/mol. The van der Waals surface area contributed by atoms with Crippen LogP contribution < -0.4 is 5.56 Å². The second-order valence-corrected chi connectivity index (χ2v) is 16.7. The number of benzene rings is 1. The van der Waals surface area contributed by atoms with E-state index in [1.54, 1.807) is 26.8 Å². The quantitative estimate of drug-likeness (QED) is 0.220. The number of nitrogens with zero attached hydrogens (tertiary/aromatic N) is 3. The Morgan fingerprint density at radius 3 is 2.22 bits per heavy atom. The van der Waals surface area contributed by atoms with E-state index in [4.69, 9.17) is 15.1 Å². The Morgan fingerprint density at radius 1 is 0.940 bits per heavy atom. The number of H-pyrrole nitrogens is 1. The number of carboxylic acid groups (broad SMARTS) is 1. The van der Waals surface area contributed by atoms with Crippen molar-refractivity contribution in [3.05, 3.63) is 75.3 Å². The third-order valence-corrected chi connectivity index (χ3v) is 10.8. The average molecular weight is 683 g/mol. The number of rotatable bonds is 8. The molecule has 9 heteroatoms. The van der Waals surface area contributed by atoms with Gasteiger partial charge in [0.05, 0.1) is 34.3 Å². The van der Waals surface area contributed by atoms with Crippen LogP contribution in [0.25, 0.3) is 11.3 Å². The average Bonchev–Trinajstić information content (AvgIpc) is 3.49. The second kappa shape index (κ2) is 15.5. The zero-order chi connectivity index (χ0) is 36.2. The number of carbonyl (C=O) groups excluding carboxylic acids is 1. The van der Waals surface area contributed by atoms with Gasteiger partial charge in [-0.3, -0.25) is 19.4 Å². The van der Waals surface area contributed by atoms with Crippen molar-refractivity contribution in [2.24, 2.45) is 27.7 Å². The van der Waals surface area contributed by atoms with E-state index in [-0.39, 0.29) is 28.8 Å². The van der Waals surface area contributed by atoms with Gasteiger partial charge in [-0.15, -0.1) is 0 Å². The van der Waals surface area contributed by atoms with Crippen molar-refractivity contribution >= 4 is 23.2 Å². The minimum absolute atomic E-state index is 0.0806. The van der Waals surface area contributed by atoms with Crippen LogP contribution in [0.4, 0.5) is 5.69 Å². The van der Waals surface area contributed by atoms with Gasteiger partial charge in [-0.25, -0.2) is 10.1 Å². The highest BCUT2D eigenvalue weighted by atomic mass is 16.4. The Labute approximate surface area is 296 Å². The molecule has 2 atom stereocenters. The van der Waals surface area contributed by atoms with Crippen molar-refractivity contribution in [1.29, 1.82) is 0 Å². The fourth-order valence-corrected chi connectivity index (χ4v) is 7.20. The molecule has 0 bridgehead atoms. The van der Waals surface area contributed by atoms with Crippen LogP contribution in [0, 0.1) is 22.7 Å². The maximum Gasteiger partial charge on any atom is 0.308 e. The summed E-state index contributed by atoms with van der Waals surface area (Å²) in [5.41, 5.74) is 7.18. The molecule has 3 aromatic rings. The highest BCUT2D eigenvalue weighted by Gasteiger charge is 2.32. The van der Waals surface area contributed by atoms with Crippen LogP contribution in [0.15, 0.2) is 52.3 Å². The standard InChI is InChI=1S/C36H44N4O3.C5H10O2/c1-36(2,3)27-12-15-29-26(18-27)19-31-32(37-29)21-33(38-31)34(42)20-25(7-4-22-5-13-28(41)14-6-22)23-8-10-24(11-9-23)30-16-17-35(43)40-39-30;1-5(2,3)4(6)7/h8-11,16-17,19,22,25,27-28,41H,4-7,12-15,18,20-21H2,1-3H3,(H,40,43);1-3H3,(H,6,7)/t22?,25-,27-,28?;/m0./s1. The summed E-state index contributed by atoms with van der Waals surface area (Å²) in [4.78, 5) is 45.1. The lowest BCUT2D eigenvalue weighted by atomic mass is 9.71. The number of aliphatic hydroxyl groups excluding tert-OH is 1. The predicted octanol–water partition coefficient (Wildman–Crippen LogP) is 7.80. The Hall–Kier alpha value is -3.98. The highest BCUT2D eigenvalue weighted by Crippen LogP contribution is 2.40. The lowest BCUT2D eigenvalue weighted by Crippen LogP contribution is -2.27. The van der Waals surface area contributed by atoms with Gasteiger partial charge in [0.25, 0.3) is 5.56 Å². The molecule has 6 rings (SSSR count). The molecule has 50 heavy (non-hydrogen) atoms. The summed E-state index contributed by atoms with van der Waals surface area (Å²) in [6.07, 6.45) is 9.78. The molecule has 0 amide bonds. The molecule has 0 radical (unpaired) electrons. The SMILES string of the molecule is CC(C)(C)C(=O)O.CC(C)(C)[C@H]1CCc2nc3c(cc2C1)N=C(C(=O)C[C@H](CCC1CCC(O)CC1)c1ccc(-c2ccc(=O)[nH]n2)cc1)C3. The number of aliphatic imine (C=N–C) groups is 1. The van der Waals surface area contributed by atoms with E-state index in [1.165, 1.54) is 17.3 Å². The summed E-state index contributed by atoms with van der Waals surface area (Å²) in [5, 5.41) is 24.9. The van der Waals surface area contributed by atoms with E-state index in [0.29, 0.717) is 36.1 Å². The molecule has 1 aromatic carbocycles. The molecule has 1 aliphatic heterocycles. The predicted molar refractivity (Wildman–Crippen MR) is 197 cm³/mol. The Morgan fingerprint density at radius 2 is 1.62 bits per heavy atom. The third kappa shape index (κ3) is 9.62. The Kier molecular flexibility index (Phi) is 11.6. The van der Waals surface area contributed by atoms with E-state index >= 15 is 0 Å². The number of aliphatic carboxylic acids is 1. The highest BCUT2D eigenvalue weighted by molar-refractivity contribution is 6.41. The fraction of sp³-hybridized carbons (Fsp3) is 0.561. The first-order valence-corrected chi connectivity index (χ1v) is 18.3. The third-order valence-electron chi connectivity index (χ3n) is 10.8. The van der Waals surface area contributed by atoms with Gasteiger partial charge < -0.3 is 10.2 Å². The van der Waals surface area contributed by atoms with E-state index in [1.807, 2.05) is 12.1 Å². The van der Waals surface area contributed by atoms with Crippen LogP contribution in [-0.4, -0.2) is 49.0 Å². The van der Waals surface area contributed by atoms with Gasteiger partial charge in [0.2, 0.25) is 0 Å². The first-order valence-electron chi connectivity index (χ1n) is 18.3. The number of aromatic amines is 1. The van der Waals surface area contributed by atoms with Crippen molar-refractivity contribution in [2.75, 3.05) is 0 Å². The van der Waals surface area contributed by atoms with Gasteiger partial charge in [-0.1, -0.05) is 45.0 Å². The maximum absolute atomic E-state index is 13.8. The number of aryl methyl sites for hydroxylation is 1. The molecule has 3 N–H and O–H groups in total. The molecule has 9 nitrogen and oxygen atoms in total. The molecular weight excluding hydrogens is 628 g/mol. The molecule has 0 unspecified atom stereocenters. The number of aliphatic hydroxyl groups is 1. The lowest BCUT2D eigenvalue weighted by molar-refractivity contribution is -0.145. The fourth-order valence-electron chi connectivity index (χ4n) is 7.20. The van der Waals surface area contributed by atoms with Gasteiger partial charge in [-0.2, -0.15) is 5.10 Å². The van der Waals surface area contributed by atoms with Crippen LogP contribution in [-0.2, 0) is 28.9 Å². The molecular formula is C41H54N4O5. The van der Waals surface area contributed by atoms with Crippen LogP contribution in [0.2, 0.25) is 0 Å². The Bertz CT molecular complexity index is 1730. The molecule has 0 spiro atoms. The van der Waals surface area contributed by atoms with Gasteiger partial charge in [-0.05, 0) is 125 Å². The number of Topliss-reactive ketones (excluding diaryl/α,β-unsaturated/α-hetero) is 1. The topological polar surface area (TPSA) is 146 Å². The summed E-state index contributed by atoms with van der Waals surface area (Å²) in [5.74, 6) is 0.653. The van der Waals surface area contributed by atoms with E-state index in [9.17, 15) is 19.5 Å². The van der Waals surface area contributed by atoms with Gasteiger partial charge >= 0.3 is 5.97 Å². The van der Waals surface area contributed by atoms with Crippen LogP contribution in [0.1, 0.15) is 121 Å². The summed E-state index contributed by atoms with van der Waals surface area (Å²) < 4.78 is 0. The van der Waals surface area contributed by atoms with Crippen molar-refractivity contribution in [1.82, 2.24) is 15.2 Å². The number of hydrogen-bond acceptors (Lipinski definition) is 7. The van der Waals surface area contributed by atoms with Crippen LogP contribution in [0.3, 0.4) is 0 Å². The molecule has 268 valence electrons. The maximum atomic E-state index is 13.8. The molecule has 0 saturated heterocycles. The van der Waals surface area contributed by atoms with Crippen molar-refractivity contribution < 1.29 is 19.8 Å². The smallest absolute Gasteiger partial charge is 0.308 e. The normalized spacial score (nSPS) is 20.9. The number of carbonyl (C=O) groups is 2. The molecule has 1 fully saturated rings. The number of carboxylic acids is 1. The molecule has 3 aliphatic rings. The Balaban J connectivity index is 0.000000630. The number of nitrogens with one attached hydrogen (secondary N) is 1. The minimum atomic E-state index is -0.757. The van der Waals surface area contributed by atoms with Crippen molar-refractivity contribution in [2.45, 2.75) is 124 Å². The number of fused-ring (bicyclic) bond motifs is 2. The zero-order valence-electron chi connectivity index (χ0n) is 30.6. The number of pyridine rings is 1. The summed E-state index contributed by atoms with van der Waals surface area (Å²) in [7, 11) is 0. The molecule has 2 aliphatic carbocycles. The largest absolute Gasteiger partial charge is 0.481 e. The first kappa shape index (κ1) is 37.3. The second-order valence-electron chi connectivity index (χ2n) is 16.7. The van der Waals surface area contributed by atoms with Gasteiger partial charge in [0.1, 0.15) is 0 Å². The molecule has 2 aromatic heterocycles. The number of ketones is 1. The summed E-state index contributed by atoms with van der Waals surface area (Å²) in [6, 6.07) is 13.6. The van der Waals surface area contributed by atoms with Crippen molar-refractivity contribution in [3.8, 4) is 11.3 Å². The van der Waals surface area contributed by atoms with E-state index < -0.39 is 11.4 Å². The summed E-state index contributed by atoms with van der Waals surface area (Å²) in [6.45, 7) is 11.9. The lowest BCUT2D eigenvalue weighted by Gasteiger charge is -2.34. The zero-order valence-corrected chi connectivity index (χ0v) is 30.6. The van der Waals surface area contributed by atoms with Crippen molar-refractivity contribution in [3.63, 3.8) is 0 Å². The van der Waals surface area contributed by atoms with Gasteiger partial charge in [0, 0.05) is 30.2 Å². The van der Waals surface area contributed by atoms with E-state index in [0.717, 1.165) is 80.3 Å². The molecule has 1 saturated carbocycles.